The monoisotopic (exact) mass is 441 g/mol. The third-order valence-electron chi connectivity index (χ3n) is 5.65. The number of carbonyl (C=O) groups is 1. The van der Waals surface area contributed by atoms with E-state index < -0.39 is 11.4 Å². The Morgan fingerprint density at radius 2 is 2.18 bits per heavy atom. The number of amides is 1. The maximum Gasteiger partial charge on any atom is 0.271 e. The molecule has 1 fully saturated rings. The zero-order valence-corrected chi connectivity index (χ0v) is 18.4. The fourth-order valence-electron chi connectivity index (χ4n) is 3.82. The number of rotatable bonds is 5. The number of hydrogen-bond donors (Lipinski definition) is 2. The molecule has 1 unspecified atom stereocenters. The van der Waals surface area contributed by atoms with Gasteiger partial charge in [-0.1, -0.05) is 6.07 Å². The lowest BCUT2D eigenvalue weighted by atomic mass is 10.1. The molecule has 0 aliphatic carbocycles. The van der Waals surface area contributed by atoms with Gasteiger partial charge in [0.1, 0.15) is 16.9 Å². The topological polar surface area (TPSA) is 122 Å². The van der Waals surface area contributed by atoms with E-state index in [-0.39, 0.29) is 11.7 Å². The summed E-state index contributed by atoms with van der Waals surface area (Å²) in [4.78, 5) is 24.9. The molecule has 1 atom stereocenters. The van der Waals surface area contributed by atoms with Crippen LogP contribution in [-0.2, 0) is 4.74 Å². The first-order valence-electron chi connectivity index (χ1n) is 10.7. The molecule has 1 aliphatic heterocycles. The van der Waals surface area contributed by atoms with E-state index in [4.69, 9.17) is 10.00 Å². The highest BCUT2D eigenvalue weighted by atomic mass is 16.5. The minimum absolute atomic E-state index is 0.244. The molecule has 5 rings (SSSR count). The van der Waals surface area contributed by atoms with Gasteiger partial charge in [0, 0.05) is 35.5 Å². The van der Waals surface area contributed by atoms with Gasteiger partial charge < -0.3 is 15.0 Å². The SMILES string of the molecule is CC(C)(C#N)NC(=O)c1cccc(-c2cnc3[nH]c(-c4cnn(C5CCOC5)c4)cc3c2)n1. The molecule has 5 heterocycles. The summed E-state index contributed by atoms with van der Waals surface area (Å²) in [5.74, 6) is -0.397. The summed E-state index contributed by atoms with van der Waals surface area (Å²) in [6.07, 6.45) is 6.57. The van der Waals surface area contributed by atoms with Gasteiger partial charge in [0.15, 0.2) is 0 Å². The molecule has 9 nitrogen and oxygen atoms in total. The Bertz CT molecular complexity index is 1370. The zero-order chi connectivity index (χ0) is 23.0. The van der Waals surface area contributed by atoms with Crippen molar-refractivity contribution in [2.45, 2.75) is 31.8 Å². The first-order chi connectivity index (χ1) is 15.9. The van der Waals surface area contributed by atoms with Crippen LogP contribution in [0.1, 0.15) is 36.8 Å². The number of nitrogens with zero attached hydrogens (tertiary/aromatic N) is 5. The van der Waals surface area contributed by atoms with Crippen LogP contribution in [0.15, 0.2) is 48.9 Å². The average molecular weight is 441 g/mol. The van der Waals surface area contributed by atoms with Crippen molar-refractivity contribution in [1.29, 1.82) is 5.26 Å². The predicted octanol–water partition coefficient (Wildman–Crippen LogP) is 3.48. The number of nitrogens with one attached hydrogen (secondary N) is 2. The standard InChI is InChI=1S/C24H23N7O2/c1-24(2,14-25)30-23(32)20-5-3-4-19(28-20)16-8-15-9-21(29-22(15)26-10-16)17-11-27-31(12-17)18-6-7-33-13-18/h3-5,8-12,18H,6-7,13H2,1-2H3,(H,26,29)(H,30,32). The molecule has 0 bridgehead atoms. The summed E-state index contributed by atoms with van der Waals surface area (Å²) in [7, 11) is 0. The summed E-state index contributed by atoms with van der Waals surface area (Å²) >= 11 is 0. The lowest BCUT2D eigenvalue weighted by Crippen LogP contribution is -2.42. The number of fused-ring (bicyclic) bond motifs is 1. The predicted molar refractivity (Wildman–Crippen MR) is 122 cm³/mol. The van der Waals surface area contributed by atoms with Crippen molar-refractivity contribution < 1.29 is 9.53 Å². The molecule has 33 heavy (non-hydrogen) atoms. The van der Waals surface area contributed by atoms with E-state index in [9.17, 15) is 4.79 Å². The quantitative estimate of drug-likeness (QED) is 0.489. The summed E-state index contributed by atoms with van der Waals surface area (Å²) < 4.78 is 7.42. The van der Waals surface area contributed by atoms with Crippen LogP contribution in [0.5, 0.6) is 0 Å². The highest BCUT2D eigenvalue weighted by molar-refractivity contribution is 5.94. The van der Waals surface area contributed by atoms with Crippen molar-refractivity contribution >= 4 is 16.9 Å². The van der Waals surface area contributed by atoms with Gasteiger partial charge in [0.05, 0.1) is 36.3 Å². The average Bonchev–Trinajstić information content (AvgIpc) is 3.58. The van der Waals surface area contributed by atoms with Crippen LogP contribution >= 0.6 is 0 Å². The van der Waals surface area contributed by atoms with E-state index >= 15 is 0 Å². The highest BCUT2D eigenvalue weighted by Gasteiger charge is 2.22. The summed E-state index contributed by atoms with van der Waals surface area (Å²) in [5, 5.41) is 17.3. The molecule has 2 N–H and O–H groups in total. The fourth-order valence-corrected chi connectivity index (χ4v) is 3.82. The molecule has 4 aromatic rings. The van der Waals surface area contributed by atoms with Gasteiger partial charge in [-0.3, -0.25) is 9.48 Å². The van der Waals surface area contributed by atoms with Gasteiger partial charge in [0.25, 0.3) is 5.91 Å². The van der Waals surface area contributed by atoms with Crippen LogP contribution in [0.4, 0.5) is 0 Å². The Balaban J connectivity index is 1.41. The molecule has 0 aromatic carbocycles. The molecule has 0 radical (unpaired) electrons. The van der Waals surface area contributed by atoms with Gasteiger partial charge in [-0.15, -0.1) is 0 Å². The molecule has 0 saturated carbocycles. The smallest absolute Gasteiger partial charge is 0.271 e. The van der Waals surface area contributed by atoms with E-state index in [1.807, 2.05) is 35.3 Å². The molecule has 166 valence electrons. The van der Waals surface area contributed by atoms with Crippen molar-refractivity contribution in [3.05, 3.63) is 54.6 Å². The molecular weight excluding hydrogens is 418 g/mol. The number of aromatic nitrogens is 5. The number of H-pyrrole nitrogens is 1. The third-order valence-corrected chi connectivity index (χ3v) is 5.65. The van der Waals surface area contributed by atoms with Crippen molar-refractivity contribution in [2.75, 3.05) is 13.2 Å². The molecule has 4 aromatic heterocycles. The van der Waals surface area contributed by atoms with Crippen molar-refractivity contribution in [1.82, 2.24) is 30.0 Å². The van der Waals surface area contributed by atoms with E-state index in [2.05, 4.69) is 31.4 Å². The minimum Gasteiger partial charge on any atom is -0.379 e. The van der Waals surface area contributed by atoms with E-state index in [1.54, 1.807) is 32.2 Å². The van der Waals surface area contributed by atoms with Crippen LogP contribution in [0.2, 0.25) is 0 Å². The van der Waals surface area contributed by atoms with Crippen LogP contribution in [0, 0.1) is 11.3 Å². The number of hydrogen-bond acceptors (Lipinski definition) is 6. The van der Waals surface area contributed by atoms with Crippen LogP contribution in [0.3, 0.4) is 0 Å². The van der Waals surface area contributed by atoms with Gasteiger partial charge in [0.2, 0.25) is 0 Å². The molecule has 1 aliphatic rings. The molecule has 1 amide bonds. The second kappa shape index (κ2) is 8.15. The fraction of sp³-hybridized carbons (Fsp3) is 0.292. The second-order valence-corrected chi connectivity index (χ2v) is 8.67. The molecule has 1 saturated heterocycles. The van der Waals surface area contributed by atoms with Gasteiger partial charge >= 0.3 is 0 Å². The number of nitriles is 1. The Hall–Kier alpha value is -4.03. The van der Waals surface area contributed by atoms with Crippen LogP contribution in [-0.4, -0.2) is 49.4 Å². The number of carbonyl (C=O) groups excluding carboxylic acids is 1. The maximum atomic E-state index is 12.5. The minimum atomic E-state index is -0.977. The molecular formula is C24H23N7O2. The first kappa shape index (κ1) is 20.8. The Morgan fingerprint density at radius 3 is 2.97 bits per heavy atom. The molecule has 9 heteroatoms. The Morgan fingerprint density at radius 1 is 1.30 bits per heavy atom. The first-order valence-corrected chi connectivity index (χ1v) is 10.7. The zero-order valence-electron chi connectivity index (χ0n) is 18.4. The van der Waals surface area contributed by atoms with Gasteiger partial charge in [-0.2, -0.15) is 10.4 Å². The van der Waals surface area contributed by atoms with Crippen LogP contribution < -0.4 is 5.32 Å². The molecule has 0 spiro atoms. The van der Waals surface area contributed by atoms with E-state index in [0.717, 1.165) is 40.9 Å². The third kappa shape index (κ3) is 4.21. The Labute approximate surface area is 190 Å². The highest BCUT2D eigenvalue weighted by Crippen LogP contribution is 2.28. The maximum absolute atomic E-state index is 12.5. The summed E-state index contributed by atoms with van der Waals surface area (Å²) in [5.41, 5.74) is 3.36. The largest absolute Gasteiger partial charge is 0.379 e. The van der Waals surface area contributed by atoms with E-state index in [0.29, 0.717) is 12.3 Å². The number of ether oxygens (including phenoxy) is 1. The van der Waals surface area contributed by atoms with Crippen LogP contribution in [0.25, 0.3) is 33.5 Å². The second-order valence-electron chi connectivity index (χ2n) is 8.67. The summed E-state index contributed by atoms with van der Waals surface area (Å²) in [6.45, 7) is 4.74. The van der Waals surface area contributed by atoms with Crippen molar-refractivity contribution in [2.24, 2.45) is 0 Å². The summed E-state index contributed by atoms with van der Waals surface area (Å²) in [6, 6.07) is 11.6. The Kier molecular flexibility index (Phi) is 5.15. The van der Waals surface area contributed by atoms with Gasteiger partial charge in [-0.05, 0) is 44.5 Å². The van der Waals surface area contributed by atoms with Gasteiger partial charge in [-0.25, -0.2) is 9.97 Å². The number of pyridine rings is 2. The van der Waals surface area contributed by atoms with E-state index in [1.165, 1.54) is 0 Å². The van der Waals surface area contributed by atoms with Crippen molar-refractivity contribution in [3.8, 4) is 28.6 Å². The lowest BCUT2D eigenvalue weighted by molar-refractivity contribution is 0.0924. The lowest BCUT2D eigenvalue weighted by Gasteiger charge is -2.17. The number of aromatic amines is 1. The van der Waals surface area contributed by atoms with Crippen molar-refractivity contribution in [3.63, 3.8) is 0 Å². The normalized spacial score (nSPS) is 16.1.